The van der Waals surface area contributed by atoms with Crippen LogP contribution in [0, 0.1) is 13.8 Å². The minimum atomic E-state index is -0.385. The van der Waals surface area contributed by atoms with Crippen LogP contribution in [0.25, 0.3) is 0 Å². The van der Waals surface area contributed by atoms with Gasteiger partial charge in [0.2, 0.25) is 0 Å². The fourth-order valence-electron chi connectivity index (χ4n) is 1.92. The molecule has 1 amide bonds. The third-order valence-electron chi connectivity index (χ3n) is 2.75. The van der Waals surface area contributed by atoms with Crippen LogP contribution in [-0.2, 0) is 4.79 Å². The van der Waals surface area contributed by atoms with Crippen LogP contribution < -0.4 is 10.6 Å². The van der Waals surface area contributed by atoms with Crippen molar-refractivity contribution in [3.05, 3.63) is 17.0 Å². The zero-order valence-electron chi connectivity index (χ0n) is 10.3. The van der Waals surface area contributed by atoms with Gasteiger partial charge in [-0.2, -0.15) is 5.10 Å². The van der Waals surface area contributed by atoms with E-state index in [1.165, 1.54) is 0 Å². The molecule has 3 N–H and O–H groups in total. The van der Waals surface area contributed by atoms with Crippen molar-refractivity contribution in [1.29, 1.82) is 0 Å². The molecule has 1 atom stereocenters. The van der Waals surface area contributed by atoms with Crippen LogP contribution in [0.5, 0.6) is 0 Å². The number of carbonyl (C=O) groups is 1. The lowest BCUT2D eigenvalue weighted by Gasteiger charge is -2.07. The first-order valence-electron chi connectivity index (χ1n) is 5.76. The number of nitrogens with zero attached hydrogens (tertiary/aromatic N) is 2. The van der Waals surface area contributed by atoms with Crippen LogP contribution in [0.2, 0.25) is 0 Å². The summed E-state index contributed by atoms with van der Waals surface area (Å²) in [7, 11) is 0. The van der Waals surface area contributed by atoms with Gasteiger partial charge in [-0.15, -0.1) is 0 Å². The molecule has 1 saturated heterocycles. The number of rotatable bonds is 3. The van der Waals surface area contributed by atoms with Crippen molar-refractivity contribution in [3.63, 3.8) is 0 Å². The average Bonchev–Trinajstić information content (AvgIpc) is 2.80. The Morgan fingerprint density at radius 1 is 1.41 bits per heavy atom. The Bertz CT molecular complexity index is 443. The number of aliphatic imine (C=N–C) groups is 1. The van der Waals surface area contributed by atoms with Crippen molar-refractivity contribution in [2.24, 2.45) is 4.99 Å². The van der Waals surface area contributed by atoms with Crippen molar-refractivity contribution in [2.45, 2.75) is 33.2 Å². The summed E-state index contributed by atoms with van der Waals surface area (Å²) in [5.41, 5.74) is 2.66. The molecule has 0 saturated carbocycles. The molecular formula is C11H17N5O. The van der Waals surface area contributed by atoms with Crippen molar-refractivity contribution < 1.29 is 4.79 Å². The Morgan fingerprint density at radius 2 is 2.18 bits per heavy atom. The molecule has 1 fully saturated rings. The third-order valence-corrected chi connectivity index (χ3v) is 2.75. The quantitative estimate of drug-likeness (QED) is 0.715. The highest BCUT2D eigenvalue weighted by molar-refractivity contribution is 6.06. The zero-order valence-corrected chi connectivity index (χ0v) is 10.3. The van der Waals surface area contributed by atoms with Gasteiger partial charge in [-0.25, -0.2) is 0 Å². The molecule has 0 spiro atoms. The molecule has 0 aromatic carbocycles. The van der Waals surface area contributed by atoms with Gasteiger partial charge in [0.05, 0.1) is 5.69 Å². The maximum absolute atomic E-state index is 11.9. The largest absolute Gasteiger partial charge is 0.340 e. The summed E-state index contributed by atoms with van der Waals surface area (Å²) in [5, 5.41) is 12.8. The first kappa shape index (κ1) is 11.6. The summed E-state index contributed by atoms with van der Waals surface area (Å²) in [6, 6.07) is -0.385. The van der Waals surface area contributed by atoms with Crippen LogP contribution in [0.1, 0.15) is 36.3 Å². The summed E-state index contributed by atoms with van der Waals surface area (Å²) in [5.74, 6) is 0.481. The van der Waals surface area contributed by atoms with Crippen LogP contribution in [-0.4, -0.2) is 28.6 Å². The lowest BCUT2D eigenvalue weighted by atomic mass is 10.1. The number of hydrogen-bond acceptors (Lipinski definition) is 3. The lowest BCUT2D eigenvalue weighted by molar-refractivity contribution is -0.120. The van der Waals surface area contributed by atoms with E-state index in [0.29, 0.717) is 12.5 Å². The Hall–Kier alpha value is -1.85. The topological polar surface area (TPSA) is 82.2 Å². The Kier molecular flexibility index (Phi) is 3.12. The number of aromatic nitrogens is 2. The smallest absolute Gasteiger partial charge is 0.254 e. The molecule has 17 heavy (non-hydrogen) atoms. The molecule has 1 aromatic heterocycles. The van der Waals surface area contributed by atoms with Gasteiger partial charge in [0, 0.05) is 17.8 Å². The van der Waals surface area contributed by atoms with E-state index in [1.54, 1.807) is 0 Å². The highest BCUT2D eigenvalue weighted by atomic mass is 16.2. The van der Waals surface area contributed by atoms with E-state index in [9.17, 15) is 4.79 Å². The molecule has 0 radical (unpaired) electrons. The Labute approximate surface area is 99.9 Å². The monoisotopic (exact) mass is 235 g/mol. The van der Waals surface area contributed by atoms with Crippen LogP contribution in [0.3, 0.4) is 0 Å². The number of aromatic amines is 1. The predicted molar refractivity (Wildman–Crippen MR) is 64.7 cm³/mol. The van der Waals surface area contributed by atoms with Gasteiger partial charge < -0.3 is 5.32 Å². The number of guanidine groups is 1. The summed E-state index contributed by atoms with van der Waals surface area (Å²) in [6.45, 7) is 6.54. The van der Waals surface area contributed by atoms with Crippen molar-refractivity contribution in [3.8, 4) is 0 Å². The van der Waals surface area contributed by atoms with E-state index in [-0.39, 0.29) is 11.9 Å². The van der Waals surface area contributed by atoms with Gasteiger partial charge in [-0.1, -0.05) is 6.92 Å². The minimum Gasteiger partial charge on any atom is -0.340 e. The van der Waals surface area contributed by atoms with E-state index in [4.69, 9.17) is 0 Å². The normalized spacial score (nSPS) is 21.7. The van der Waals surface area contributed by atoms with Gasteiger partial charge in [0.15, 0.2) is 5.96 Å². The van der Waals surface area contributed by atoms with Crippen molar-refractivity contribution >= 4 is 11.9 Å². The number of nitrogens with one attached hydrogen (secondary N) is 3. The third kappa shape index (κ3) is 2.15. The van der Waals surface area contributed by atoms with Crippen LogP contribution in [0.4, 0.5) is 0 Å². The molecule has 0 aliphatic carbocycles. The molecule has 0 bridgehead atoms. The fourth-order valence-corrected chi connectivity index (χ4v) is 1.92. The average molecular weight is 235 g/mol. The number of amides is 1. The van der Waals surface area contributed by atoms with Crippen molar-refractivity contribution in [1.82, 2.24) is 20.8 Å². The second-order valence-corrected chi connectivity index (χ2v) is 4.14. The number of carbonyl (C=O) groups excluding carboxylic acids is 1. The van der Waals surface area contributed by atoms with Gasteiger partial charge in [0.1, 0.15) is 6.04 Å². The minimum absolute atomic E-state index is 0.0764. The molecule has 6 heteroatoms. The number of H-pyrrole nitrogens is 1. The maximum Gasteiger partial charge on any atom is 0.254 e. The predicted octanol–water partition coefficient (Wildman–Crippen LogP) is 0.553. The highest BCUT2D eigenvalue weighted by Crippen LogP contribution is 2.21. The SMILES string of the molecule is CCCN=C1NC(=O)C(c2c(C)n[nH]c2C)N1. The fraction of sp³-hybridized carbons (Fsp3) is 0.545. The second-order valence-electron chi connectivity index (χ2n) is 4.14. The first-order chi connectivity index (χ1) is 8.13. The molecule has 2 rings (SSSR count). The molecular weight excluding hydrogens is 218 g/mol. The van der Waals surface area contributed by atoms with Crippen molar-refractivity contribution in [2.75, 3.05) is 6.54 Å². The Balaban J connectivity index is 2.22. The second kappa shape index (κ2) is 4.57. The summed E-state index contributed by atoms with van der Waals surface area (Å²) in [6.07, 6.45) is 0.954. The summed E-state index contributed by atoms with van der Waals surface area (Å²) in [4.78, 5) is 16.1. The van der Waals surface area contributed by atoms with Gasteiger partial charge in [-0.05, 0) is 20.3 Å². The van der Waals surface area contributed by atoms with Gasteiger partial charge in [0.25, 0.3) is 5.91 Å². The number of aryl methyl sites for hydroxylation is 2. The van der Waals surface area contributed by atoms with E-state index in [1.807, 2.05) is 20.8 Å². The standard InChI is InChI=1S/C11H17N5O/c1-4-5-12-11-13-9(10(17)14-11)8-6(2)15-16-7(8)3/h9H,4-5H2,1-3H3,(H,15,16)(H2,12,13,14,17). The molecule has 92 valence electrons. The number of hydrogen-bond donors (Lipinski definition) is 3. The van der Waals surface area contributed by atoms with E-state index >= 15 is 0 Å². The lowest BCUT2D eigenvalue weighted by Crippen LogP contribution is -2.25. The molecule has 2 heterocycles. The molecule has 1 unspecified atom stereocenters. The molecule has 1 aromatic rings. The first-order valence-corrected chi connectivity index (χ1v) is 5.76. The molecule has 1 aliphatic rings. The van der Waals surface area contributed by atoms with Gasteiger partial charge >= 0.3 is 0 Å². The Morgan fingerprint density at radius 3 is 2.76 bits per heavy atom. The summed E-state index contributed by atoms with van der Waals surface area (Å²) >= 11 is 0. The van der Waals surface area contributed by atoms with Crippen LogP contribution in [0.15, 0.2) is 4.99 Å². The molecule has 6 nitrogen and oxygen atoms in total. The van der Waals surface area contributed by atoms with Crippen LogP contribution >= 0.6 is 0 Å². The van der Waals surface area contributed by atoms with E-state index < -0.39 is 0 Å². The molecule has 1 aliphatic heterocycles. The maximum atomic E-state index is 11.9. The van der Waals surface area contributed by atoms with Gasteiger partial charge in [-0.3, -0.25) is 20.2 Å². The highest BCUT2D eigenvalue weighted by Gasteiger charge is 2.32. The van der Waals surface area contributed by atoms with E-state index in [0.717, 1.165) is 23.4 Å². The van der Waals surface area contributed by atoms with E-state index in [2.05, 4.69) is 25.8 Å². The zero-order chi connectivity index (χ0) is 12.4. The summed E-state index contributed by atoms with van der Waals surface area (Å²) < 4.78 is 0.